The summed E-state index contributed by atoms with van der Waals surface area (Å²) in [5.74, 6) is -0.406. The zero-order valence-electron chi connectivity index (χ0n) is 17.0. The molecule has 0 saturated carbocycles. The molecule has 2 heterocycles. The Morgan fingerprint density at radius 1 is 1.12 bits per heavy atom. The molecule has 0 fully saturated rings. The van der Waals surface area contributed by atoms with Gasteiger partial charge in [-0.25, -0.2) is 0 Å². The summed E-state index contributed by atoms with van der Waals surface area (Å²) in [5.41, 5.74) is 0.814. The van der Waals surface area contributed by atoms with Crippen molar-refractivity contribution in [3.05, 3.63) is 57.9 Å². The molecule has 0 radical (unpaired) electrons. The van der Waals surface area contributed by atoms with Gasteiger partial charge in [-0.15, -0.1) is 11.3 Å². The largest absolute Gasteiger partial charge is 0.454 e. The second-order valence-electron chi connectivity index (χ2n) is 6.96. The molecule has 8 nitrogen and oxygen atoms in total. The first-order valence-corrected chi connectivity index (χ1v) is 10.9. The number of thiophene rings is 1. The molecule has 3 aromatic rings. The summed E-state index contributed by atoms with van der Waals surface area (Å²) in [5, 5.41) is 6.29. The number of benzene rings is 2. The number of rotatable bonds is 7. The summed E-state index contributed by atoms with van der Waals surface area (Å²) in [6, 6.07) is 12.7. The fraction of sp³-hybridized carbons (Fsp3) is 0.227. The van der Waals surface area contributed by atoms with Gasteiger partial charge in [0.1, 0.15) is 11.4 Å². The normalized spacial score (nSPS) is 12.9. The number of hydrogen-bond donors (Lipinski definition) is 2. The van der Waals surface area contributed by atoms with Gasteiger partial charge >= 0.3 is 5.97 Å². The van der Waals surface area contributed by atoms with Crippen LogP contribution in [0.2, 0.25) is 5.02 Å². The minimum Gasteiger partial charge on any atom is -0.454 e. The third kappa shape index (κ3) is 4.79. The minimum atomic E-state index is -1.03. The number of halogens is 1. The number of carbonyl (C=O) groups excluding carboxylic acids is 3. The third-order valence-electron chi connectivity index (χ3n) is 4.72. The van der Waals surface area contributed by atoms with Crippen LogP contribution < -0.4 is 20.1 Å². The van der Waals surface area contributed by atoms with Gasteiger partial charge in [0.2, 0.25) is 6.79 Å². The van der Waals surface area contributed by atoms with Gasteiger partial charge in [0, 0.05) is 16.6 Å². The van der Waals surface area contributed by atoms with Crippen LogP contribution in [0.5, 0.6) is 11.5 Å². The fourth-order valence-corrected chi connectivity index (χ4v) is 4.50. The average molecular weight is 475 g/mol. The van der Waals surface area contributed by atoms with Crippen molar-refractivity contribution in [1.29, 1.82) is 0 Å². The van der Waals surface area contributed by atoms with Crippen LogP contribution in [0.3, 0.4) is 0 Å². The van der Waals surface area contributed by atoms with E-state index in [9.17, 15) is 14.4 Å². The van der Waals surface area contributed by atoms with Crippen LogP contribution in [0.4, 0.5) is 0 Å². The quantitative estimate of drug-likeness (QED) is 0.509. The zero-order valence-corrected chi connectivity index (χ0v) is 18.5. The molecule has 0 saturated heterocycles. The smallest absolute Gasteiger partial charge is 0.326 e. The molecule has 166 valence electrons. The Morgan fingerprint density at radius 2 is 1.91 bits per heavy atom. The summed E-state index contributed by atoms with van der Waals surface area (Å²) < 4.78 is 16.5. The van der Waals surface area contributed by atoms with E-state index in [0.717, 1.165) is 15.6 Å². The maximum atomic E-state index is 12.4. The molecule has 1 unspecified atom stereocenters. The molecular formula is C22H19ClN2O6S. The van der Waals surface area contributed by atoms with E-state index in [4.69, 9.17) is 25.8 Å². The van der Waals surface area contributed by atoms with Gasteiger partial charge in [0.25, 0.3) is 11.8 Å². The highest BCUT2D eigenvalue weighted by molar-refractivity contribution is 7.21. The first kappa shape index (κ1) is 21.9. The van der Waals surface area contributed by atoms with E-state index in [0.29, 0.717) is 21.4 Å². The summed E-state index contributed by atoms with van der Waals surface area (Å²) in [7, 11) is 0. The lowest BCUT2D eigenvalue weighted by Crippen LogP contribution is -2.38. The van der Waals surface area contributed by atoms with Crippen molar-refractivity contribution in [2.75, 3.05) is 13.3 Å². The number of fused-ring (bicyclic) bond motifs is 2. The molecule has 1 atom stereocenters. The molecule has 1 aliphatic heterocycles. The molecule has 4 rings (SSSR count). The Labute approximate surface area is 192 Å². The second kappa shape index (κ2) is 9.46. The van der Waals surface area contributed by atoms with Crippen molar-refractivity contribution in [3.63, 3.8) is 0 Å². The maximum Gasteiger partial charge on any atom is 0.326 e. The molecule has 0 aliphatic carbocycles. The molecule has 32 heavy (non-hydrogen) atoms. The van der Waals surface area contributed by atoms with Crippen LogP contribution in [0.15, 0.2) is 42.5 Å². The predicted octanol–water partition coefficient (Wildman–Crippen LogP) is 3.26. The molecule has 1 aromatic heterocycles. The lowest BCUT2D eigenvalue weighted by molar-refractivity contribution is -0.153. The first-order valence-electron chi connectivity index (χ1n) is 9.73. The predicted molar refractivity (Wildman–Crippen MR) is 119 cm³/mol. The van der Waals surface area contributed by atoms with Gasteiger partial charge in [-0.05, 0) is 30.7 Å². The number of nitrogens with one attached hydrogen (secondary N) is 2. The van der Waals surface area contributed by atoms with Crippen LogP contribution in [-0.2, 0) is 20.9 Å². The summed E-state index contributed by atoms with van der Waals surface area (Å²) in [4.78, 5) is 37.0. The van der Waals surface area contributed by atoms with Crippen molar-refractivity contribution in [2.45, 2.75) is 19.6 Å². The Balaban J connectivity index is 1.24. The van der Waals surface area contributed by atoms with Crippen LogP contribution in [0, 0.1) is 0 Å². The number of carbonyl (C=O) groups is 3. The van der Waals surface area contributed by atoms with E-state index in [2.05, 4.69) is 10.6 Å². The van der Waals surface area contributed by atoms with Gasteiger partial charge in [0.05, 0.1) is 5.02 Å². The van der Waals surface area contributed by atoms with E-state index >= 15 is 0 Å². The van der Waals surface area contributed by atoms with Crippen molar-refractivity contribution >= 4 is 50.8 Å². The van der Waals surface area contributed by atoms with Crippen molar-refractivity contribution in [3.8, 4) is 11.5 Å². The Hall–Kier alpha value is -3.30. The van der Waals surface area contributed by atoms with Gasteiger partial charge in [-0.1, -0.05) is 35.9 Å². The van der Waals surface area contributed by atoms with Gasteiger partial charge < -0.3 is 24.8 Å². The van der Waals surface area contributed by atoms with E-state index in [1.165, 1.54) is 18.3 Å². The molecule has 2 amide bonds. The van der Waals surface area contributed by atoms with Crippen LogP contribution in [0.25, 0.3) is 10.1 Å². The average Bonchev–Trinajstić information content (AvgIpc) is 3.40. The number of amides is 2. The lowest BCUT2D eigenvalue weighted by Gasteiger charge is -2.14. The monoisotopic (exact) mass is 474 g/mol. The zero-order chi connectivity index (χ0) is 22.7. The first-order chi connectivity index (χ1) is 15.4. The minimum absolute atomic E-state index is 0.170. The van der Waals surface area contributed by atoms with E-state index in [1.54, 1.807) is 18.2 Å². The van der Waals surface area contributed by atoms with Gasteiger partial charge in [0.15, 0.2) is 17.6 Å². The van der Waals surface area contributed by atoms with Crippen molar-refractivity contribution in [2.24, 2.45) is 0 Å². The Bertz CT molecular complexity index is 1190. The summed E-state index contributed by atoms with van der Waals surface area (Å²) in [6.45, 7) is 1.48. The molecule has 10 heteroatoms. The lowest BCUT2D eigenvalue weighted by atomic mass is 10.2. The molecule has 2 aromatic carbocycles. The van der Waals surface area contributed by atoms with E-state index < -0.39 is 23.9 Å². The van der Waals surface area contributed by atoms with Crippen molar-refractivity contribution < 1.29 is 28.6 Å². The Kier molecular flexibility index (Phi) is 6.48. The standard InChI is InChI=1S/C22H19ClN2O6S/c1-12(21(27)24-9-13-6-7-15-16(8-13)30-11-29-15)31-18(26)10-25-22(28)20-19(23)14-4-2-3-5-17(14)32-20/h2-8,12H,9-11H2,1H3,(H,24,27)(H,25,28). The number of esters is 1. The molecular weight excluding hydrogens is 456 g/mol. The van der Waals surface area contributed by atoms with Crippen LogP contribution in [0.1, 0.15) is 22.2 Å². The van der Waals surface area contributed by atoms with Gasteiger partial charge in [-0.3, -0.25) is 14.4 Å². The van der Waals surface area contributed by atoms with Gasteiger partial charge in [-0.2, -0.15) is 0 Å². The van der Waals surface area contributed by atoms with E-state index in [-0.39, 0.29) is 19.9 Å². The number of hydrogen-bond acceptors (Lipinski definition) is 7. The fourth-order valence-electron chi connectivity index (χ4n) is 3.07. The third-order valence-corrected chi connectivity index (χ3v) is 6.39. The van der Waals surface area contributed by atoms with Crippen LogP contribution >= 0.6 is 22.9 Å². The molecule has 0 bridgehead atoms. The number of ether oxygens (including phenoxy) is 3. The summed E-state index contributed by atoms with van der Waals surface area (Å²) >= 11 is 7.51. The highest BCUT2D eigenvalue weighted by Gasteiger charge is 2.21. The maximum absolute atomic E-state index is 12.4. The topological polar surface area (TPSA) is 103 Å². The SMILES string of the molecule is CC(OC(=O)CNC(=O)c1sc2ccccc2c1Cl)C(=O)NCc1ccc2c(c1)OCO2. The second-order valence-corrected chi connectivity index (χ2v) is 8.39. The van der Waals surface area contributed by atoms with Crippen molar-refractivity contribution in [1.82, 2.24) is 10.6 Å². The Morgan fingerprint density at radius 3 is 2.72 bits per heavy atom. The van der Waals surface area contributed by atoms with E-state index in [1.807, 2.05) is 24.3 Å². The van der Waals surface area contributed by atoms with Crippen LogP contribution in [-0.4, -0.2) is 37.2 Å². The highest BCUT2D eigenvalue weighted by Crippen LogP contribution is 2.35. The summed E-state index contributed by atoms with van der Waals surface area (Å²) in [6.07, 6.45) is -1.03. The molecule has 0 spiro atoms. The highest BCUT2D eigenvalue weighted by atomic mass is 35.5. The molecule has 2 N–H and O–H groups in total. The molecule has 1 aliphatic rings.